The first-order valence-corrected chi connectivity index (χ1v) is 9.15. The van der Waals surface area contributed by atoms with Crippen LogP contribution in [0.5, 0.6) is 0 Å². The maximum absolute atomic E-state index is 13.0. The maximum atomic E-state index is 13.0. The summed E-state index contributed by atoms with van der Waals surface area (Å²) < 4.78 is 41.8. The lowest BCUT2D eigenvalue weighted by atomic mass is 10.2. The number of nitrogens with zero attached hydrogens (tertiary/aromatic N) is 4. The van der Waals surface area contributed by atoms with Crippen LogP contribution < -0.4 is 5.32 Å². The van der Waals surface area contributed by atoms with Crippen molar-refractivity contribution in [2.75, 3.05) is 5.32 Å². The largest absolute Gasteiger partial charge is 0.436 e. The zero-order valence-corrected chi connectivity index (χ0v) is 16.6. The minimum absolute atomic E-state index is 0.166. The highest BCUT2D eigenvalue weighted by atomic mass is 79.9. The van der Waals surface area contributed by atoms with Gasteiger partial charge in [-0.1, -0.05) is 12.1 Å². The summed E-state index contributed by atoms with van der Waals surface area (Å²) in [4.78, 5) is 12.6. The van der Waals surface area contributed by atoms with Gasteiger partial charge in [0.15, 0.2) is 5.69 Å². The van der Waals surface area contributed by atoms with Crippen molar-refractivity contribution in [3.05, 3.63) is 64.1 Å². The summed E-state index contributed by atoms with van der Waals surface area (Å²) in [5.41, 5.74) is 0.640. The Labute approximate surface area is 167 Å². The molecule has 1 N–H and O–H groups in total. The Hall–Kier alpha value is -2.62. The van der Waals surface area contributed by atoms with Crippen LogP contribution in [0, 0.1) is 6.92 Å². The van der Waals surface area contributed by atoms with E-state index in [2.05, 4.69) is 31.4 Å². The molecule has 0 radical (unpaired) electrons. The van der Waals surface area contributed by atoms with Crippen molar-refractivity contribution >= 4 is 27.5 Å². The number of amides is 1. The summed E-state index contributed by atoms with van der Waals surface area (Å²) >= 11 is 2.92. The first kappa shape index (κ1) is 20.1. The van der Waals surface area contributed by atoms with Crippen molar-refractivity contribution < 1.29 is 18.0 Å². The van der Waals surface area contributed by atoms with Gasteiger partial charge in [0.25, 0.3) is 0 Å². The minimum Gasteiger partial charge on any atom is -0.324 e. The van der Waals surface area contributed by atoms with E-state index in [1.807, 2.05) is 18.3 Å². The third kappa shape index (κ3) is 4.27. The third-order valence-electron chi connectivity index (χ3n) is 4.19. The predicted octanol–water partition coefficient (Wildman–Crippen LogP) is 4.42. The average Bonchev–Trinajstić information content (AvgIpc) is 3.23. The molecule has 0 aliphatic carbocycles. The molecule has 1 unspecified atom stereocenters. The van der Waals surface area contributed by atoms with Gasteiger partial charge in [0.1, 0.15) is 6.04 Å². The Kier molecular flexibility index (Phi) is 5.59. The van der Waals surface area contributed by atoms with E-state index in [0.29, 0.717) is 12.2 Å². The van der Waals surface area contributed by atoms with E-state index in [1.165, 1.54) is 13.8 Å². The molecule has 0 aliphatic rings. The molecular formula is C18H17BrF3N5O. The standard InChI is InChI=1S/C18H17BrF3N5O/c1-11-15(19)16(18(20,21)22)25-27(11)12(2)17(28)24-14-6-3-5-13(9-14)10-26-8-4-7-23-26/h3-9,12H,10H2,1-2H3,(H,24,28). The van der Waals surface area contributed by atoms with Crippen molar-refractivity contribution in [2.24, 2.45) is 0 Å². The first-order chi connectivity index (χ1) is 13.2. The molecule has 2 aromatic heterocycles. The molecule has 1 atom stereocenters. The van der Waals surface area contributed by atoms with E-state index in [1.54, 1.807) is 29.1 Å². The minimum atomic E-state index is -4.61. The van der Waals surface area contributed by atoms with E-state index in [4.69, 9.17) is 0 Å². The van der Waals surface area contributed by atoms with Gasteiger partial charge in [-0.15, -0.1) is 0 Å². The van der Waals surface area contributed by atoms with Gasteiger partial charge in [0, 0.05) is 18.1 Å². The van der Waals surface area contributed by atoms with Crippen LogP contribution in [0.4, 0.5) is 18.9 Å². The number of rotatable bonds is 5. The highest BCUT2D eigenvalue weighted by Gasteiger charge is 2.38. The fraction of sp³-hybridized carbons (Fsp3) is 0.278. The Bertz CT molecular complexity index is 982. The van der Waals surface area contributed by atoms with Crippen LogP contribution in [0.15, 0.2) is 47.2 Å². The van der Waals surface area contributed by atoms with Crippen LogP contribution >= 0.6 is 15.9 Å². The topological polar surface area (TPSA) is 64.7 Å². The summed E-state index contributed by atoms with van der Waals surface area (Å²) in [6.45, 7) is 3.50. The molecule has 0 spiro atoms. The Morgan fingerprint density at radius 2 is 2.07 bits per heavy atom. The van der Waals surface area contributed by atoms with Gasteiger partial charge in [-0.05, 0) is 53.5 Å². The summed E-state index contributed by atoms with van der Waals surface area (Å²) in [5, 5.41) is 10.4. The number of hydrogen-bond donors (Lipinski definition) is 1. The lowest BCUT2D eigenvalue weighted by Gasteiger charge is -2.15. The van der Waals surface area contributed by atoms with Crippen molar-refractivity contribution in [1.82, 2.24) is 19.6 Å². The van der Waals surface area contributed by atoms with Crippen molar-refractivity contribution in [3.63, 3.8) is 0 Å². The molecule has 0 fully saturated rings. The Morgan fingerprint density at radius 3 is 2.68 bits per heavy atom. The Morgan fingerprint density at radius 1 is 1.32 bits per heavy atom. The van der Waals surface area contributed by atoms with Crippen molar-refractivity contribution in [3.8, 4) is 0 Å². The van der Waals surface area contributed by atoms with Gasteiger partial charge in [-0.2, -0.15) is 23.4 Å². The van der Waals surface area contributed by atoms with Crippen LogP contribution in [0.1, 0.15) is 29.9 Å². The zero-order chi connectivity index (χ0) is 20.5. The monoisotopic (exact) mass is 455 g/mol. The molecule has 148 valence electrons. The highest BCUT2D eigenvalue weighted by Crippen LogP contribution is 2.36. The van der Waals surface area contributed by atoms with Crippen LogP contribution in [0.3, 0.4) is 0 Å². The third-order valence-corrected chi connectivity index (χ3v) is 5.14. The zero-order valence-electron chi connectivity index (χ0n) is 15.0. The lowest BCUT2D eigenvalue weighted by molar-refractivity contribution is -0.142. The van der Waals surface area contributed by atoms with Crippen molar-refractivity contribution in [1.29, 1.82) is 0 Å². The van der Waals surface area contributed by atoms with Gasteiger partial charge in [-0.3, -0.25) is 14.2 Å². The number of hydrogen-bond acceptors (Lipinski definition) is 3. The first-order valence-electron chi connectivity index (χ1n) is 8.36. The molecule has 0 saturated heterocycles. The van der Waals surface area contributed by atoms with Crippen LogP contribution in [-0.2, 0) is 17.5 Å². The Balaban J connectivity index is 1.76. The molecule has 1 amide bonds. The van der Waals surface area contributed by atoms with Gasteiger partial charge in [-0.25, -0.2) is 0 Å². The van der Waals surface area contributed by atoms with E-state index in [0.717, 1.165) is 10.2 Å². The predicted molar refractivity (Wildman–Crippen MR) is 101 cm³/mol. The molecule has 3 rings (SSSR count). The average molecular weight is 456 g/mol. The van der Waals surface area contributed by atoms with E-state index in [9.17, 15) is 18.0 Å². The molecule has 10 heteroatoms. The number of anilines is 1. The molecule has 3 aromatic rings. The number of nitrogens with one attached hydrogen (secondary N) is 1. The molecule has 6 nitrogen and oxygen atoms in total. The number of aromatic nitrogens is 4. The number of carbonyl (C=O) groups is 1. The quantitative estimate of drug-likeness (QED) is 0.619. The molecule has 0 saturated carbocycles. The fourth-order valence-corrected chi connectivity index (χ4v) is 3.23. The number of halogens is 4. The van der Waals surface area contributed by atoms with Crippen LogP contribution in [0.25, 0.3) is 0 Å². The molecule has 2 heterocycles. The van der Waals surface area contributed by atoms with Gasteiger partial charge in [0.2, 0.25) is 5.91 Å². The van der Waals surface area contributed by atoms with E-state index < -0.39 is 23.8 Å². The molecular weight excluding hydrogens is 439 g/mol. The second kappa shape index (κ2) is 7.78. The molecule has 0 bridgehead atoms. The second-order valence-electron chi connectivity index (χ2n) is 6.26. The summed E-state index contributed by atoms with van der Waals surface area (Å²) in [7, 11) is 0. The van der Waals surface area contributed by atoms with Gasteiger partial charge in [0.05, 0.1) is 16.7 Å². The second-order valence-corrected chi connectivity index (χ2v) is 7.05. The van der Waals surface area contributed by atoms with Crippen LogP contribution in [-0.4, -0.2) is 25.5 Å². The molecule has 1 aromatic carbocycles. The van der Waals surface area contributed by atoms with Gasteiger partial charge < -0.3 is 5.32 Å². The van der Waals surface area contributed by atoms with E-state index in [-0.39, 0.29) is 10.2 Å². The van der Waals surface area contributed by atoms with E-state index >= 15 is 0 Å². The number of benzene rings is 1. The fourth-order valence-electron chi connectivity index (χ4n) is 2.74. The summed E-state index contributed by atoms with van der Waals surface area (Å²) in [6, 6.07) is 8.07. The smallest absolute Gasteiger partial charge is 0.324 e. The maximum Gasteiger partial charge on any atom is 0.436 e. The molecule has 0 aliphatic heterocycles. The van der Waals surface area contributed by atoms with Crippen LogP contribution in [0.2, 0.25) is 0 Å². The normalized spacial score (nSPS) is 12.8. The number of carbonyl (C=O) groups excluding carboxylic acids is 1. The van der Waals surface area contributed by atoms with Gasteiger partial charge >= 0.3 is 6.18 Å². The summed E-state index contributed by atoms with van der Waals surface area (Å²) in [6.07, 6.45) is -1.11. The SMILES string of the molecule is Cc1c(Br)c(C(F)(F)F)nn1C(C)C(=O)Nc1cccc(Cn2cccn2)c1. The van der Waals surface area contributed by atoms with Crippen molar-refractivity contribution in [2.45, 2.75) is 32.6 Å². The highest BCUT2D eigenvalue weighted by molar-refractivity contribution is 9.10. The number of alkyl halides is 3. The lowest BCUT2D eigenvalue weighted by Crippen LogP contribution is -2.25. The summed E-state index contributed by atoms with van der Waals surface area (Å²) in [5.74, 6) is -0.469. The molecule has 28 heavy (non-hydrogen) atoms.